The number of hydrogen-bond acceptors (Lipinski definition) is 3. The molecule has 0 atom stereocenters. The Labute approximate surface area is 115 Å². The molecular weight excluding hydrogens is 238 g/mol. The van der Waals surface area contributed by atoms with Crippen LogP contribution in [-0.2, 0) is 0 Å². The molecule has 1 amide bonds. The Morgan fingerprint density at radius 1 is 1.21 bits per heavy atom. The van der Waals surface area contributed by atoms with Crippen LogP contribution in [0.1, 0.15) is 38.1 Å². The molecule has 4 nitrogen and oxygen atoms in total. The first-order valence-electron chi connectivity index (χ1n) is 6.76. The molecule has 4 heteroatoms. The van der Waals surface area contributed by atoms with E-state index in [2.05, 4.69) is 33.0 Å². The van der Waals surface area contributed by atoms with Crippen molar-refractivity contribution in [3.63, 3.8) is 0 Å². The molecule has 0 bridgehead atoms. The Morgan fingerprint density at radius 3 is 2.21 bits per heavy atom. The fraction of sp³-hybridized carbons (Fsp3) is 0.533. The highest BCUT2D eigenvalue weighted by Gasteiger charge is 2.17. The summed E-state index contributed by atoms with van der Waals surface area (Å²) in [5.74, 6) is 1.34. The quantitative estimate of drug-likeness (QED) is 0.690. The van der Waals surface area contributed by atoms with E-state index in [1.165, 1.54) is 0 Å². The van der Waals surface area contributed by atoms with Crippen LogP contribution in [0.3, 0.4) is 0 Å². The van der Waals surface area contributed by atoms with Crippen LogP contribution < -0.4 is 16.8 Å². The topological polar surface area (TPSA) is 81.1 Å². The molecule has 1 aromatic rings. The van der Waals surface area contributed by atoms with Gasteiger partial charge in [-0.1, -0.05) is 27.7 Å². The molecule has 0 unspecified atom stereocenters. The smallest absolute Gasteiger partial charge is 0.248 e. The van der Waals surface area contributed by atoms with E-state index in [-0.39, 0.29) is 0 Å². The third kappa shape index (κ3) is 4.16. The van der Waals surface area contributed by atoms with Gasteiger partial charge in [-0.3, -0.25) is 4.79 Å². The second kappa shape index (κ2) is 6.45. The minimum Gasteiger partial charge on any atom is -0.397 e. The SMILES string of the molecule is CC(C)C(CNc1ccc(C(N)=O)cc1N)C(C)C. The number of nitrogens with two attached hydrogens (primary N) is 2. The third-order valence-electron chi connectivity index (χ3n) is 3.58. The number of amides is 1. The second-order valence-electron chi connectivity index (χ2n) is 5.70. The number of benzene rings is 1. The molecule has 106 valence electrons. The van der Waals surface area contributed by atoms with E-state index in [1.807, 2.05) is 6.07 Å². The number of carbonyl (C=O) groups is 1. The Morgan fingerprint density at radius 2 is 1.79 bits per heavy atom. The number of nitrogens with one attached hydrogen (secondary N) is 1. The normalized spacial score (nSPS) is 11.3. The lowest BCUT2D eigenvalue weighted by Gasteiger charge is -2.26. The summed E-state index contributed by atoms with van der Waals surface area (Å²) in [6, 6.07) is 5.12. The maximum absolute atomic E-state index is 11.1. The molecule has 1 rings (SSSR count). The molecule has 0 fully saturated rings. The van der Waals surface area contributed by atoms with E-state index in [4.69, 9.17) is 11.5 Å². The van der Waals surface area contributed by atoms with Gasteiger partial charge in [0.1, 0.15) is 0 Å². The van der Waals surface area contributed by atoms with Gasteiger partial charge >= 0.3 is 0 Å². The standard InChI is InChI=1S/C15H25N3O/c1-9(2)12(10(3)4)8-18-14-6-5-11(15(17)19)7-13(14)16/h5-7,9-10,12,18H,8,16H2,1-4H3,(H2,17,19). The number of rotatable bonds is 6. The first-order chi connectivity index (χ1) is 8.82. The minimum atomic E-state index is -0.458. The maximum atomic E-state index is 11.1. The maximum Gasteiger partial charge on any atom is 0.248 e. The van der Waals surface area contributed by atoms with Crippen molar-refractivity contribution in [3.8, 4) is 0 Å². The molecule has 0 saturated carbocycles. The van der Waals surface area contributed by atoms with Crippen LogP contribution in [0, 0.1) is 17.8 Å². The Bertz CT molecular complexity index is 433. The predicted molar refractivity (Wildman–Crippen MR) is 81.0 cm³/mol. The number of hydrogen-bond donors (Lipinski definition) is 3. The first kappa shape index (κ1) is 15.3. The number of nitrogen functional groups attached to an aromatic ring is 1. The van der Waals surface area contributed by atoms with Gasteiger partial charge in [-0.15, -0.1) is 0 Å². The Hall–Kier alpha value is -1.71. The lowest BCUT2D eigenvalue weighted by molar-refractivity contribution is 0.100. The van der Waals surface area contributed by atoms with Crippen LogP contribution >= 0.6 is 0 Å². The Kier molecular flexibility index (Phi) is 5.21. The molecular formula is C15H25N3O. The van der Waals surface area contributed by atoms with E-state index in [0.29, 0.717) is 29.0 Å². The van der Waals surface area contributed by atoms with Crippen molar-refractivity contribution in [1.29, 1.82) is 0 Å². The summed E-state index contributed by atoms with van der Waals surface area (Å²) in [4.78, 5) is 11.1. The Balaban J connectivity index is 2.75. The summed E-state index contributed by atoms with van der Waals surface area (Å²) in [6.45, 7) is 9.78. The summed E-state index contributed by atoms with van der Waals surface area (Å²) < 4.78 is 0. The molecule has 19 heavy (non-hydrogen) atoms. The van der Waals surface area contributed by atoms with Crippen molar-refractivity contribution < 1.29 is 4.79 Å². The zero-order valence-electron chi connectivity index (χ0n) is 12.2. The lowest BCUT2D eigenvalue weighted by atomic mass is 9.85. The minimum absolute atomic E-state index is 0.437. The van der Waals surface area contributed by atoms with Gasteiger partial charge in [-0.25, -0.2) is 0 Å². The average molecular weight is 263 g/mol. The molecule has 0 spiro atoms. The van der Waals surface area contributed by atoms with Gasteiger partial charge in [0.05, 0.1) is 11.4 Å². The van der Waals surface area contributed by atoms with Gasteiger partial charge < -0.3 is 16.8 Å². The van der Waals surface area contributed by atoms with Gasteiger partial charge in [0, 0.05) is 12.1 Å². The van der Waals surface area contributed by atoms with Gasteiger partial charge in [-0.2, -0.15) is 0 Å². The zero-order valence-corrected chi connectivity index (χ0v) is 12.2. The number of primary amides is 1. The molecule has 0 aromatic heterocycles. The van der Waals surface area contributed by atoms with Crippen LogP contribution in [-0.4, -0.2) is 12.5 Å². The van der Waals surface area contributed by atoms with Crippen molar-refractivity contribution in [2.45, 2.75) is 27.7 Å². The molecule has 5 N–H and O–H groups in total. The lowest BCUT2D eigenvalue weighted by Crippen LogP contribution is -2.25. The highest BCUT2D eigenvalue weighted by atomic mass is 16.1. The largest absolute Gasteiger partial charge is 0.397 e. The molecule has 0 aliphatic rings. The van der Waals surface area contributed by atoms with Gasteiger partial charge in [0.25, 0.3) is 0 Å². The molecule has 1 aromatic carbocycles. The molecule has 0 aliphatic heterocycles. The molecule has 0 radical (unpaired) electrons. The van der Waals surface area contributed by atoms with Crippen LogP contribution in [0.4, 0.5) is 11.4 Å². The van der Waals surface area contributed by atoms with Crippen LogP contribution in [0.15, 0.2) is 18.2 Å². The number of anilines is 2. The third-order valence-corrected chi connectivity index (χ3v) is 3.58. The highest BCUT2D eigenvalue weighted by Crippen LogP contribution is 2.24. The van der Waals surface area contributed by atoms with Crippen LogP contribution in [0.25, 0.3) is 0 Å². The van der Waals surface area contributed by atoms with Crippen molar-refractivity contribution in [2.24, 2.45) is 23.5 Å². The molecule has 0 aliphatic carbocycles. The van der Waals surface area contributed by atoms with E-state index in [0.717, 1.165) is 12.2 Å². The summed E-state index contributed by atoms with van der Waals surface area (Å²) >= 11 is 0. The van der Waals surface area contributed by atoms with Crippen LogP contribution in [0.2, 0.25) is 0 Å². The van der Waals surface area contributed by atoms with Crippen molar-refractivity contribution in [2.75, 3.05) is 17.6 Å². The van der Waals surface area contributed by atoms with Crippen molar-refractivity contribution in [1.82, 2.24) is 0 Å². The first-order valence-corrected chi connectivity index (χ1v) is 6.76. The average Bonchev–Trinajstić information content (AvgIpc) is 2.29. The fourth-order valence-corrected chi connectivity index (χ4v) is 2.35. The van der Waals surface area contributed by atoms with E-state index < -0.39 is 5.91 Å². The summed E-state index contributed by atoms with van der Waals surface area (Å²) in [5, 5.41) is 3.36. The molecule has 0 saturated heterocycles. The monoisotopic (exact) mass is 263 g/mol. The van der Waals surface area contributed by atoms with E-state index in [9.17, 15) is 4.79 Å². The summed E-state index contributed by atoms with van der Waals surface area (Å²) in [7, 11) is 0. The second-order valence-corrected chi connectivity index (χ2v) is 5.70. The molecule has 0 heterocycles. The highest BCUT2D eigenvalue weighted by molar-refractivity contribution is 5.94. The van der Waals surface area contributed by atoms with E-state index >= 15 is 0 Å². The summed E-state index contributed by atoms with van der Waals surface area (Å²) in [5.41, 5.74) is 13.0. The fourth-order valence-electron chi connectivity index (χ4n) is 2.35. The van der Waals surface area contributed by atoms with Gasteiger partial charge in [0.15, 0.2) is 0 Å². The summed E-state index contributed by atoms with van der Waals surface area (Å²) in [6.07, 6.45) is 0. The zero-order chi connectivity index (χ0) is 14.6. The van der Waals surface area contributed by atoms with Gasteiger partial charge in [-0.05, 0) is 36.0 Å². The van der Waals surface area contributed by atoms with Gasteiger partial charge in [0.2, 0.25) is 5.91 Å². The predicted octanol–water partition coefficient (Wildman–Crippen LogP) is 2.71. The van der Waals surface area contributed by atoms with Crippen molar-refractivity contribution in [3.05, 3.63) is 23.8 Å². The number of carbonyl (C=O) groups excluding carboxylic acids is 1. The van der Waals surface area contributed by atoms with E-state index in [1.54, 1.807) is 12.1 Å². The van der Waals surface area contributed by atoms with Crippen LogP contribution in [0.5, 0.6) is 0 Å². The van der Waals surface area contributed by atoms with Crippen molar-refractivity contribution >= 4 is 17.3 Å².